The van der Waals surface area contributed by atoms with Crippen molar-refractivity contribution in [1.29, 1.82) is 5.26 Å². The third kappa shape index (κ3) is 3.39. The zero-order chi connectivity index (χ0) is 18.7. The molecular weight excluding hydrogens is 354 g/mol. The van der Waals surface area contributed by atoms with Gasteiger partial charge < -0.3 is 4.74 Å². The smallest absolute Gasteiger partial charge is 0.282 e. The highest BCUT2D eigenvalue weighted by Gasteiger charge is 2.34. The van der Waals surface area contributed by atoms with Crippen LogP contribution in [0, 0.1) is 18.3 Å². The molecule has 7 heteroatoms. The van der Waals surface area contributed by atoms with Gasteiger partial charge in [0.25, 0.3) is 11.8 Å². The molecule has 2 aromatic rings. The molecule has 1 saturated heterocycles. The van der Waals surface area contributed by atoms with Gasteiger partial charge in [-0.3, -0.25) is 15.0 Å². The Hall–Kier alpha value is -3.30. The number of amides is 2. The number of carbonyl (C=O) groups is 2. The molecule has 1 fully saturated rings. The summed E-state index contributed by atoms with van der Waals surface area (Å²) >= 11 is 6.10. The summed E-state index contributed by atoms with van der Waals surface area (Å²) in [5.41, 5.74) is 4.36. The number of benzene rings is 2. The molecule has 130 valence electrons. The minimum Gasteiger partial charge on any atom is -0.478 e. The number of nitrogens with zero attached hydrogens (tertiary/aromatic N) is 2. The number of rotatable bonds is 4. The first-order valence-corrected chi connectivity index (χ1v) is 8.11. The van der Waals surface area contributed by atoms with E-state index in [1.807, 2.05) is 13.0 Å². The Morgan fingerprint density at radius 1 is 1.27 bits per heavy atom. The predicted molar refractivity (Wildman–Crippen MR) is 97.3 cm³/mol. The fourth-order valence-corrected chi connectivity index (χ4v) is 2.63. The molecule has 0 saturated carbocycles. The van der Waals surface area contributed by atoms with Crippen LogP contribution in [-0.4, -0.2) is 18.4 Å². The summed E-state index contributed by atoms with van der Waals surface area (Å²) in [5.74, 6) is -0.606. The van der Waals surface area contributed by atoms with E-state index in [1.165, 1.54) is 6.08 Å². The first-order chi connectivity index (χ1) is 12.5. The lowest BCUT2D eigenvalue weighted by Crippen LogP contribution is -2.35. The largest absolute Gasteiger partial charge is 0.478 e. The lowest BCUT2D eigenvalue weighted by Gasteiger charge is -2.15. The van der Waals surface area contributed by atoms with Crippen molar-refractivity contribution in [3.8, 4) is 11.8 Å². The number of hydrogen-bond donors (Lipinski definition) is 1. The highest BCUT2D eigenvalue weighted by molar-refractivity contribution is 6.33. The maximum absolute atomic E-state index is 12.7. The topological polar surface area (TPSA) is 82.4 Å². The van der Waals surface area contributed by atoms with Crippen LogP contribution in [-0.2, 0) is 9.59 Å². The first-order valence-electron chi connectivity index (χ1n) is 7.73. The Bertz CT molecular complexity index is 963. The van der Waals surface area contributed by atoms with Gasteiger partial charge in [-0.25, -0.2) is 5.01 Å². The van der Waals surface area contributed by atoms with Gasteiger partial charge in [0.2, 0.25) is 0 Å². The van der Waals surface area contributed by atoms with E-state index < -0.39 is 11.8 Å². The van der Waals surface area contributed by atoms with Crippen molar-refractivity contribution in [2.24, 2.45) is 0 Å². The van der Waals surface area contributed by atoms with Crippen LogP contribution in [0.1, 0.15) is 11.1 Å². The second kappa shape index (κ2) is 7.30. The third-order valence-electron chi connectivity index (χ3n) is 3.82. The number of nitrogens with one attached hydrogen (secondary N) is 1. The quantitative estimate of drug-likeness (QED) is 0.665. The molecule has 0 aromatic heterocycles. The number of hydrogen-bond acceptors (Lipinski definition) is 4. The average molecular weight is 368 g/mol. The lowest BCUT2D eigenvalue weighted by molar-refractivity contribution is -0.117. The van der Waals surface area contributed by atoms with Crippen LogP contribution in [0.15, 0.2) is 48.0 Å². The fourth-order valence-electron chi connectivity index (χ4n) is 2.46. The lowest BCUT2D eigenvalue weighted by atomic mass is 10.1. The third-order valence-corrected chi connectivity index (χ3v) is 4.22. The Balaban J connectivity index is 1.93. The Morgan fingerprint density at radius 2 is 2.04 bits per heavy atom. The summed E-state index contributed by atoms with van der Waals surface area (Å²) in [5, 5.41) is 10.3. The minimum atomic E-state index is -0.526. The summed E-state index contributed by atoms with van der Waals surface area (Å²) in [7, 11) is 0. The standard InChI is InChI=1S/C19H14ClN3O3/c1-12-6-7-14(11-16(12)20)23-19(25)15(18(24)22-23)10-13-4-2-3-5-17(13)26-9-8-21/h2-7,10-11H,9H2,1H3,(H,22,24). The van der Waals surface area contributed by atoms with E-state index in [-0.39, 0.29) is 12.2 Å². The molecule has 1 aliphatic heterocycles. The second-order valence-corrected chi connectivity index (χ2v) is 5.96. The van der Waals surface area contributed by atoms with Gasteiger partial charge in [-0.2, -0.15) is 5.26 Å². The van der Waals surface area contributed by atoms with Crippen LogP contribution in [0.2, 0.25) is 5.02 Å². The van der Waals surface area contributed by atoms with Crippen LogP contribution in [0.5, 0.6) is 5.75 Å². The van der Waals surface area contributed by atoms with Crippen molar-refractivity contribution in [1.82, 2.24) is 5.43 Å². The maximum Gasteiger partial charge on any atom is 0.282 e. The zero-order valence-electron chi connectivity index (χ0n) is 13.8. The zero-order valence-corrected chi connectivity index (χ0v) is 14.6. The van der Waals surface area contributed by atoms with Gasteiger partial charge in [0.1, 0.15) is 17.4 Å². The molecule has 0 bridgehead atoms. The number of ether oxygens (including phenoxy) is 1. The summed E-state index contributed by atoms with van der Waals surface area (Å²) in [6, 6.07) is 13.8. The molecule has 0 spiro atoms. The van der Waals surface area contributed by atoms with Crippen molar-refractivity contribution in [3.63, 3.8) is 0 Å². The van der Waals surface area contributed by atoms with Gasteiger partial charge >= 0.3 is 0 Å². The summed E-state index contributed by atoms with van der Waals surface area (Å²) < 4.78 is 5.33. The van der Waals surface area contributed by atoms with Gasteiger partial charge in [-0.1, -0.05) is 35.9 Å². The number of halogens is 1. The normalized spacial score (nSPS) is 15.1. The summed E-state index contributed by atoms with van der Waals surface area (Å²) in [6.07, 6.45) is 1.44. The molecule has 3 rings (SSSR count). The first kappa shape index (κ1) is 17.5. The van der Waals surface area contributed by atoms with E-state index in [0.29, 0.717) is 22.0 Å². The van der Waals surface area contributed by atoms with E-state index in [1.54, 1.807) is 42.5 Å². The van der Waals surface area contributed by atoms with Crippen LogP contribution in [0.25, 0.3) is 6.08 Å². The second-order valence-electron chi connectivity index (χ2n) is 5.56. The van der Waals surface area contributed by atoms with Gasteiger partial charge in [0.05, 0.1) is 5.69 Å². The highest BCUT2D eigenvalue weighted by Crippen LogP contribution is 2.27. The van der Waals surface area contributed by atoms with E-state index >= 15 is 0 Å². The molecule has 0 atom stereocenters. The fraction of sp³-hybridized carbons (Fsp3) is 0.105. The molecular formula is C19H14ClN3O3. The predicted octanol–water partition coefficient (Wildman–Crippen LogP) is 3.01. The number of nitriles is 1. The van der Waals surface area contributed by atoms with Crippen molar-refractivity contribution in [2.45, 2.75) is 6.92 Å². The Kier molecular flexibility index (Phi) is 4.92. The van der Waals surface area contributed by atoms with Gasteiger partial charge in [0.15, 0.2) is 6.61 Å². The Morgan fingerprint density at radius 3 is 2.77 bits per heavy atom. The van der Waals surface area contributed by atoms with Crippen molar-refractivity contribution >= 4 is 35.2 Å². The summed E-state index contributed by atoms with van der Waals surface area (Å²) in [4.78, 5) is 25.0. The molecule has 2 aromatic carbocycles. The van der Waals surface area contributed by atoms with Crippen molar-refractivity contribution in [3.05, 3.63) is 64.2 Å². The minimum absolute atomic E-state index is 0.0327. The number of para-hydroxylation sites is 1. The number of aryl methyl sites for hydroxylation is 1. The van der Waals surface area contributed by atoms with Crippen molar-refractivity contribution in [2.75, 3.05) is 11.6 Å². The van der Waals surface area contributed by atoms with Crippen LogP contribution < -0.4 is 15.2 Å². The molecule has 0 unspecified atom stereocenters. The molecule has 1 aliphatic rings. The molecule has 6 nitrogen and oxygen atoms in total. The van der Waals surface area contributed by atoms with Crippen LogP contribution in [0.4, 0.5) is 5.69 Å². The van der Waals surface area contributed by atoms with Crippen LogP contribution in [0.3, 0.4) is 0 Å². The molecule has 26 heavy (non-hydrogen) atoms. The van der Waals surface area contributed by atoms with E-state index in [9.17, 15) is 9.59 Å². The summed E-state index contributed by atoms with van der Waals surface area (Å²) in [6.45, 7) is 1.72. The molecule has 1 N–H and O–H groups in total. The van der Waals surface area contributed by atoms with Gasteiger partial charge in [0, 0.05) is 10.6 Å². The average Bonchev–Trinajstić information content (AvgIpc) is 2.91. The molecule has 0 radical (unpaired) electrons. The highest BCUT2D eigenvalue weighted by atomic mass is 35.5. The van der Waals surface area contributed by atoms with E-state index in [4.69, 9.17) is 21.6 Å². The van der Waals surface area contributed by atoms with E-state index in [0.717, 1.165) is 10.6 Å². The Labute approximate surface area is 155 Å². The number of hydrazine groups is 1. The van der Waals surface area contributed by atoms with Gasteiger partial charge in [-0.15, -0.1) is 0 Å². The monoisotopic (exact) mass is 367 g/mol. The van der Waals surface area contributed by atoms with Crippen LogP contribution >= 0.6 is 11.6 Å². The molecule has 2 amide bonds. The van der Waals surface area contributed by atoms with Gasteiger partial charge in [-0.05, 0) is 36.8 Å². The van der Waals surface area contributed by atoms with E-state index in [2.05, 4.69) is 5.43 Å². The molecule has 1 heterocycles. The SMILES string of the molecule is Cc1ccc(N2NC(=O)C(=Cc3ccccc3OCC#N)C2=O)cc1Cl. The van der Waals surface area contributed by atoms with Crippen molar-refractivity contribution < 1.29 is 14.3 Å². The molecule has 0 aliphatic carbocycles. The maximum atomic E-state index is 12.7. The number of anilines is 1. The number of carbonyl (C=O) groups excluding carboxylic acids is 2.